The molecule has 0 saturated carbocycles. The minimum absolute atomic E-state index is 1.09. The molecule has 0 heterocycles. The lowest BCUT2D eigenvalue weighted by atomic mass is 9.97. The van der Waals surface area contributed by atoms with E-state index in [4.69, 9.17) is 0 Å². The Labute approximate surface area is 104 Å². The zero-order chi connectivity index (χ0) is 12.1. The summed E-state index contributed by atoms with van der Waals surface area (Å²) >= 11 is 0. The summed E-state index contributed by atoms with van der Waals surface area (Å²) in [6.07, 6.45) is 11.3. The molecule has 0 unspecified atom stereocenters. The zero-order valence-electron chi connectivity index (χ0n) is 10.6. The van der Waals surface area contributed by atoms with E-state index in [0.717, 1.165) is 12.8 Å². The van der Waals surface area contributed by atoms with Crippen LogP contribution in [-0.2, 0) is 6.42 Å². The van der Waals surface area contributed by atoms with Crippen LogP contribution < -0.4 is 0 Å². The second-order valence-electron chi connectivity index (χ2n) is 4.79. The van der Waals surface area contributed by atoms with Gasteiger partial charge in [0.25, 0.3) is 0 Å². The van der Waals surface area contributed by atoms with Crippen molar-refractivity contribution in [3.63, 3.8) is 0 Å². The van der Waals surface area contributed by atoms with Gasteiger partial charge in [-0.05, 0) is 49.3 Å². The maximum atomic E-state index is 3.94. The monoisotopic (exact) mass is 224 g/mol. The predicted octanol–water partition coefficient (Wildman–Crippen LogP) is 4.93. The van der Waals surface area contributed by atoms with Crippen molar-refractivity contribution in [3.8, 4) is 0 Å². The average Bonchev–Trinajstić information content (AvgIpc) is 2.38. The maximum Gasteiger partial charge on any atom is -0.0187 e. The van der Waals surface area contributed by atoms with E-state index in [1.165, 1.54) is 35.1 Å². The van der Waals surface area contributed by atoms with E-state index < -0.39 is 0 Å². The van der Waals surface area contributed by atoms with Crippen LogP contribution in [0.5, 0.6) is 0 Å². The molecule has 1 aliphatic rings. The van der Waals surface area contributed by atoms with Gasteiger partial charge in [-0.15, -0.1) is 6.58 Å². The predicted molar refractivity (Wildman–Crippen MR) is 75.9 cm³/mol. The molecule has 2 rings (SSSR count). The first-order valence-corrected chi connectivity index (χ1v) is 6.36. The summed E-state index contributed by atoms with van der Waals surface area (Å²) in [5.41, 5.74) is 5.35. The van der Waals surface area contributed by atoms with Gasteiger partial charge in [-0.1, -0.05) is 48.1 Å². The summed E-state index contributed by atoms with van der Waals surface area (Å²) in [7, 11) is 0. The number of rotatable bonds is 4. The fourth-order valence-corrected chi connectivity index (χ4v) is 2.05. The third-order valence-corrected chi connectivity index (χ3v) is 3.12. The van der Waals surface area contributed by atoms with Crippen LogP contribution in [-0.4, -0.2) is 0 Å². The van der Waals surface area contributed by atoms with Crippen LogP contribution in [0.15, 0.2) is 54.6 Å². The first-order chi connectivity index (χ1) is 8.25. The molecule has 0 aromatic heterocycles. The SMILES string of the molecule is C=C(C)CCc1ccc(C2=CCCC=C2)cc1. The van der Waals surface area contributed by atoms with Crippen molar-refractivity contribution in [2.75, 3.05) is 0 Å². The number of allylic oxidation sites excluding steroid dienone is 5. The van der Waals surface area contributed by atoms with Gasteiger partial charge in [0.15, 0.2) is 0 Å². The third kappa shape index (κ3) is 3.45. The quantitative estimate of drug-likeness (QED) is 0.636. The molecule has 17 heavy (non-hydrogen) atoms. The van der Waals surface area contributed by atoms with Gasteiger partial charge in [-0.3, -0.25) is 0 Å². The van der Waals surface area contributed by atoms with Crippen LogP contribution in [0.3, 0.4) is 0 Å². The molecule has 0 heteroatoms. The van der Waals surface area contributed by atoms with Gasteiger partial charge in [0.2, 0.25) is 0 Å². The molecule has 88 valence electrons. The fourth-order valence-electron chi connectivity index (χ4n) is 2.05. The summed E-state index contributed by atoms with van der Waals surface area (Å²) in [4.78, 5) is 0. The molecule has 1 aromatic rings. The van der Waals surface area contributed by atoms with E-state index in [1.807, 2.05) is 0 Å². The first-order valence-electron chi connectivity index (χ1n) is 6.36. The van der Waals surface area contributed by atoms with Crippen molar-refractivity contribution in [3.05, 3.63) is 65.8 Å². The Balaban J connectivity index is 2.05. The van der Waals surface area contributed by atoms with Crippen LogP contribution >= 0.6 is 0 Å². The van der Waals surface area contributed by atoms with Crippen LogP contribution in [0.25, 0.3) is 5.57 Å². The Morgan fingerprint density at radius 1 is 1.18 bits per heavy atom. The van der Waals surface area contributed by atoms with Crippen LogP contribution in [0, 0.1) is 0 Å². The van der Waals surface area contributed by atoms with Crippen molar-refractivity contribution >= 4 is 5.57 Å². The van der Waals surface area contributed by atoms with Crippen molar-refractivity contribution < 1.29 is 0 Å². The summed E-state index contributed by atoms with van der Waals surface area (Å²) in [6, 6.07) is 8.94. The standard InChI is InChI=1S/C17H20/c1-14(2)8-9-15-10-12-17(13-11-15)16-6-4-3-5-7-16/h4,6-7,10-13H,1,3,5,8-9H2,2H3. The van der Waals surface area contributed by atoms with Crippen LogP contribution in [0.2, 0.25) is 0 Å². The Morgan fingerprint density at radius 2 is 1.94 bits per heavy atom. The number of hydrogen-bond donors (Lipinski definition) is 0. The first kappa shape index (κ1) is 11.9. The number of benzene rings is 1. The molecule has 1 aliphatic carbocycles. The van der Waals surface area contributed by atoms with Crippen molar-refractivity contribution in [1.29, 1.82) is 0 Å². The third-order valence-electron chi connectivity index (χ3n) is 3.12. The number of aryl methyl sites for hydroxylation is 1. The second-order valence-corrected chi connectivity index (χ2v) is 4.79. The highest BCUT2D eigenvalue weighted by molar-refractivity contribution is 5.74. The smallest absolute Gasteiger partial charge is 0.0187 e. The largest absolute Gasteiger partial charge is 0.100 e. The van der Waals surface area contributed by atoms with Gasteiger partial charge in [0.1, 0.15) is 0 Å². The lowest BCUT2D eigenvalue weighted by Gasteiger charge is -2.08. The second kappa shape index (κ2) is 5.67. The van der Waals surface area contributed by atoms with Crippen molar-refractivity contribution in [1.82, 2.24) is 0 Å². The Bertz CT molecular complexity index is 443. The molecule has 0 saturated heterocycles. The Kier molecular flexibility index (Phi) is 3.98. The number of hydrogen-bond acceptors (Lipinski definition) is 0. The summed E-state index contributed by atoms with van der Waals surface area (Å²) in [5, 5.41) is 0. The molecule has 0 N–H and O–H groups in total. The highest BCUT2D eigenvalue weighted by Gasteiger charge is 2.01. The van der Waals surface area contributed by atoms with Crippen molar-refractivity contribution in [2.45, 2.75) is 32.6 Å². The van der Waals surface area contributed by atoms with E-state index in [2.05, 4.69) is 56.0 Å². The molecule has 0 amide bonds. The molecule has 0 bridgehead atoms. The summed E-state index contributed by atoms with van der Waals surface area (Å²) in [6.45, 7) is 6.03. The van der Waals surface area contributed by atoms with Gasteiger partial charge >= 0.3 is 0 Å². The highest BCUT2D eigenvalue weighted by Crippen LogP contribution is 2.22. The normalized spacial score (nSPS) is 14.5. The Morgan fingerprint density at radius 3 is 2.53 bits per heavy atom. The lowest BCUT2D eigenvalue weighted by molar-refractivity contribution is 0.945. The summed E-state index contributed by atoms with van der Waals surface area (Å²) < 4.78 is 0. The molecule has 0 nitrogen and oxygen atoms in total. The van der Waals surface area contributed by atoms with E-state index in [-0.39, 0.29) is 0 Å². The van der Waals surface area contributed by atoms with Gasteiger partial charge in [-0.25, -0.2) is 0 Å². The average molecular weight is 224 g/mol. The molecular formula is C17H20. The molecule has 1 aromatic carbocycles. The van der Waals surface area contributed by atoms with Crippen LogP contribution in [0.1, 0.15) is 37.3 Å². The molecule has 0 spiro atoms. The van der Waals surface area contributed by atoms with Gasteiger partial charge < -0.3 is 0 Å². The molecular weight excluding hydrogens is 204 g/mol. The topological polar surface area (TPSA) is 0 Å². The Hall–Kier alpha value is -1.56. The minimum Gasteiger partial charge on any atom is -0.100 e. The van der Waals surface area contributed by atoms with E-state index in [0.29, 0.717) is 0 Å². The van der Waals surface area contributed by atoms with Crippen LogP contribution in [0.4, 0.5) is 0 Å². The van der Waals surface area contributed by atoms with Crippen molar-refractivity contribution in [2.24, 2.45) is 0 Å². The maximum absolute atomic E-state index is 3.94. The zero-order valence-corrected chi connectivity index (χ0v) is 10.6. The van der Waals surface area contributed by atoms with E-state index in [9.17, 15) is 0 Å². The van der Waals surface area contributed by atoms with E-state index >= 15 is 0 Å². The van der Waals surface area contributed by atoms with E-state index in [1.54, 1.807) is 0 Å². The fraction of sp³-hybridized carbons (Fsp3) is 0.294. The lowest BCUT2D eigenvalue weighted by Crippen LogP contribution is -1.89. The van der Waals surface area contributed by atoms with Gasteiger partial charge in [-0.2, -0.15) is 0 Å². The van der Waals surface area contributed by atoms with Gasteiger partial charge in [0, 0.05) is 0 Å². The van der Waals surface area contributed by atoms with Gasteiger partial charge in [0.05, 0.1) is 0 Å². The molecule has 0 fully saturated rings. The molecule has 0 aliphatic heterocycles. The molecule has 0 radical (unpaired) electrons. The summed E-state index contributed by atoms with van der Waals surface area (Å²) in [5.74, 6) is 0. The highest BCUT2D eigenvalue weighted by atomic mass is 14.1. The molecule has 0 atom stereocenters. The minimum atomic E-state index is 1.09.